The molecule has 5 heteroatoms. The molecule has 1 N–H and O–H groups in total. The molecule has 1 aromatic rings. The zero-order valence-electron chi connectivity index (χ0n) is 12.4. The maximum absolute atomic E-state index is 5.70. The molecular formula is C15H24N4O. The second kappa shape index (κ2) is 6.06. The van der Waals surface area contributed by atoms with Gasteiger partial charge in [0.15, 0.2) is 0 Å². The number of ether oxygens (including phenoxy) is 1. The van der Waals surface area contributed by atoms with E-state index in [9.17, 15) is 0 Å². The van der Waals surface area contributed by atoms with E-state index in [2.05, 4.69) is 34.0 Å². The highest BCUT2D eigenvalue weighted by molar-refractivity contribution is 5.33. The van der Waals surface area contributed by atoms with E-state index >= 15 is 0 Å². The van der Waals surface area contributed by atoms with Crippen LogP contribution in [0, 0.1) is 6.92 Å². The molecule has 1 saturated heterocycles. The second-order valence-electron chi connectivity index (χ2n) is 5.78. The van der Waals surface area contributed by atoms with Gasteiger partial charge in [0.05, 0.1) is 12.7 Å². The second-order valence-corrected chi connectivity index (χ2v) is 5.78. The number of rotatable bonds is 5. The van der Waals surface area contributed by atoms with Crippen molar-refractivity contribution in [2.45, 2.75) is 51.8 Å². The Hall–Kier alpha value is -1.20. The Morgan fingerprint density at radius 1 is 1.45 bits per heavy atom. The van der Waals surface area contributed by atoms with E-state index in [0.29, 0.717) is 6.10 Å². The number of aryl methyl sites for hydroxylation is 1. The fourth-order valence-corrected chi connectivity index (χ4v) is 2.50. The Kier molecular flexibility index (Phi) is 4.17. The van der Waals surface area contributed by atoms with Crippen LogP contribution in [-0.4, -0.2) is 41.8 Å². The standard InChI is InChI=1S/C15H24N4O/c1-3-14-10-19(6-7-20-14)15-17-9-12(11(2)18-15)8-16-13-4-5-13/h9,13-14,16H,3-8,10H2,1-2H3. The van der Waals surface area contributed by atoms with Crippen LogP contribution >= 0.6 is 0 Å². The van der Waals surface area contributed by atoms with Gasteiger partial charge in [-0.05, 0) is 26.2 Å². The number of morpholine rings is 1. The molecule has 0 aromatic carbocycles. The average Bonchev–Trinajstić information content (AvgIpc) is 3.30. The van der Waals surface area contributed by atoms with Gasteiger partial charge in [0.2, 0.25) is 5.95 Å². The lowest BCUT2D eigenvalue weighted by atomic mass is 10.2. The van der Waals surface area contributed by atoms with E-state index in [4.69, 9.17) is 4.74 Å². The summed E-state index contributed by atoms with van der Waals surface area (Å²) in [6.45, 7) is 7.67. The first kappa shape index (κ1) is 13.8. The molecule has 5 nitrogen and oxygen atoms in total. The molecule has 20 heavy (non-hydrogen) atoms. The number of nitrogens with one attached hydrogen (secondary N) is 1. The lowest BCUT2D eigenvalue weighted by Gasteiger charge is -2.32. The first-order valence-corrected chi connectivity index (χ1v) is 7.68. The highest BCUT2D eigenvalue weighted by Gasteiger charge is 2.22. The molecule has 1 atom stereocenters. The van der Waals surface area contributed by atoms with Crippen LogP contribution in [0.2, 0.25) is 0 Å². The van der Waals surface area contributed by atoms with Crippen molar-refractivity contribution < 1.29 is 4.74 Å². The van der Waals surface area contributed by atoms with E-state index in [1.165, 1.54) is 18.4 Å². The molecule has 2 aliphatic rings. The molecule has 110 valence electrons. The summed E-state index contributed by atoms with van der Waals surface area (Å²) in [5.41, 5.74) is 2.30. The molecule has 0 spiro atoms. The zero-order valence-corrected chi connectivity index (χ0v) is 12.4. The Morgan fingerprint density at radius 3 is 3.00 bits per heavy atom. The van der Waals surface area contributed by atoms with Gasteiger partial charge in [-0.1, -0.05) is 6.92 Å². The maximum Gasteiger partial charge on any atom is 0.225 e. The Morgan fingerprint density at radius 2 is 2.30 bits per heavy atom. The summed E-state index contributed by atoms with van der Waals surface area (Å²) in [7, 11) is 0. The van der Waals surface area contributed by atoms with Crippen molar-refractivity contribution >= 4 is 5.95 Å². The van der Waals surface area contributed by atoms with Crippen molar-refractivity contribution in [2.75, 3.05) is 24.6 Å². The number of hydrogen-bond donors (Lipinski definition) is 1. The highest BCUT2D eigenvalue weighted by Crippen LogP contribution is 2.20. The Balaban J connectivity index is 1.65. The van der Waals surface area contributed by atoms with Crippen molar-refractivity contribution in [1.82, 2.24) is 15.3 Å². The molecule has 0 radical (unpaired) electrons. The van der Waals surface area contributed by atoms with Crippen molar-refractivity contribution in [3.05, 3.63) is 17.5 Å². The van der Waals surface area contributed by atoms with E-state index in [-0.39, 0.29) is 0 Å². The number of aromatic nitrogens is 2. The van der Waals surface area contributed by atoms with Crippen molar-refractivity contribution in [1.29, 1.82) is 0 Å². The van der Waals surface area contributed by atoms with E-state index in [0.717, 1.165) is 50.3 Å². The smallest absolute Gasteiger partial charge is 0.225 e. The van der Waals surface area contributed by atoms with Gasteiger partial charge in [0.1, 0.15) is 0 Å². The monoisotopic (exact) mass is 276 g/mol. The van der Waals surface area contributed by atoms with Gasteiger partial charge < -0.3 is 15.0 Å². The van der Waals surface area contributed by atoms with Crippen LogP contribution in [-0.2, 0) is 11.3 Å². The third-order valence-electron chi connectivity index (χ3n) is 4.10. The molecule has 0 amide bonds. The molecule has 3 rings (SSSR count). The quantitative estimate of drug-likeness (QED) is 0.886. The van der Waals surface area contributed by atoms with E-state index in [1.54, 1.807) is 0 Å². The minimum Gasteiger partial charge on any atom is -0.375 e. The van der Waals surface area contributed by atoms with Crippen LogP contribution in [0.3, 0.4) is 0 Å². The summed E-state index contributed by atoms with van der Waals surface area (Å²) in [5, 5.41) is 3.52. The third-order valence-corrected chi connectivity index (χ3v) is 4.10. The fourth-order valence-electron chi connectivity index (χ4n) is 2.50. The third kappa shape index (κ3) is 3.27. The van der Waals surface area contributed by atoms with Crippen molar-refractivity contribution in [3.63, 3.8) is 0 Å². The average molecular weight is 276 g/mol. The van der Waals surface area contributed by atoms with Crippen LogP contribution < -0.4 is 10.2 Å². The van der Waals surface area contributed by atoms with Crippen LogP contribution in [0.25, 0.3) is 0 Å². The van der Waals surface area contributed by atoms with E-state index in [1.807, 2.05) is 6.20 Å². The molecule has 1 aliphatic carbocycles. The number of nitrogens with zero attached hydrogens (tertiary/aromatic N) is 3. The molecular weight excluding hydrogens is 252 g/mol. The Labute approximate surface area is 120 Å². The predicted octanol–water partition coefficient (Wildman–Crippen LogP) is 1.65. The van der Waals surface area contributed by atoms with Gasteiger partial charge in [-0.15, -0.1) is 0 Å². The van der Waals surface area contributed by atoms with Gasteiger partial charge in [0.25, 0.3) is 0 Å². The maximum atomic E-state index is 5.70. The normalized spacial score (nSPS) is 23.1. The topological polar surface area (TPSA) is 50.3 Å². The first-order valence-electron chi connectivity index (χ1n) is 7.68. The largest absolute Gasteiger partial charge is 0.375 e. The van der Waals surface area contributed by atoms with Crippen LogP contribution in [0.5, 0.6) is 0 Å². The van der Waals surface area contributed by atoms with Crippen molar-refractivity contribution in [3.8, 4) is 0 Å². The molecule has 2 heterocycles. The van der Waals surface area contributed by atoms with Gasteiger partial charge in [-0.25, -0.2) is 9.97 Å². The first-order chi connectivity index (χ1) is 9.76. The number of anilines is 1. The fraction of sp³-hybridized carbons (Fsp3) is 0.733. The Bertz CT molecular complexity index is 461. The summed E-state index contributed by atoms with van der Waals surface area (Å²) in [6, 6.07) is 0.721. The summed E-state index contributed by atoms with van der Waals surface area (Å²) >= 11 is 0. The van der Waals surface area contributed by atoms with Crippen LogP contribution in [0.15, 0.2) is 6.20 Å². The van der Waals surface area contributed by atoms with Gasteiger partial charge >= 0.3 is 0 Å². The highest BCUT2D eigenvalue weighted by atomic mass is 16.5. The van der Waals surface area contributed by atoms with E-state index < -0.39 is 0 Å². The van der Waals surface area contributed by atoms with Gasteiger partial charge in [-0.3, -0.25) is 0 Å². The minimum absolute atomic E-state index is 0.309. The zero-order chi connectivity index (χ0) is 13.9. The predicted molar refractivity (Wildman–Crippen MR) is 78.9 cm³/mol. The summed E-state index contributed by atoms with van der Waals surface area (Å²) in [5.74, 6) is 0.847. The number of hydrogen-bond acceptors (Lipinski definition) is 5. The molecule has 0 bridgehead atoms. The minimum atomic E-state index is 0.309. The summed E-state index contributed by atoms with van der Waals surface area (Å²) < 4.78 is 5.70. The summed E-state index contributed by atoms with van der Waals surface area (Å²) in [6.07, 6.45) is 5.94. The molecule has 1 aliphatic heterocycles. The lowest BCUT2D eigenvalue weighted by molar-refractivity contribution is 0.0378. The molecule has 1 saturated carbocycles. The SMILES string of the molecule is CCC1CN(c2ncc(CNC3CC3)c(C)n2)CCO1. The summed E-state index contributed by atoms with van der Waals surface area (Å²) in [4.78, 5) is 11.5. The lowest BCUT2D eigenvalue weighted by Crippen LogP contribution is -2.43. The van der Waals surface area contributed by atoms with Crippen LogP contribution in [0.4, 0.5) is 5.95 Å². The van der Waals surface area contributed by atoms with Crippen molar-refractivity contribution in [2.24, 2.45) is 0 Å². The van der Waals surface area contributed by atoms with Crippen LogP contribution in [0.1, 0.15) is 37.4 Å². The molecule has 1 aromatic heterocycles. The van der Waals surface area contributed by atoms with Gasteiger partial charge in [0, 0.05) is 43.1 Å². The molecule has 1 unspecified atom stereocenters. The van der Waals surface area contributed by atoms with Gasteiger partial charge in [-0.2, -0.15) is 0 Å². The molecule has 2 fully saturated rings.